The van der Waals surface area contributed by atoms with E-state index in [4.69, 9.17) is 0 Å². The number of carbonyl (C=O) groups is 1. The summed E-state index contributed by atoms with van der Waals surface area (Å²) >= 11 is 0. The molecular weight excluding hydrogens is 300 g/mol. The fraction of sp³-hybridized carbons (Fsp3) is 0.562. The lowest BCUT2D eigenvalue weighted by atomic mass is 10.00. The molecule has 120 valence electrons. The Morgan fingerprint density at radius 1 is 1.14 bits per heavy atom. The number of benzene rings is 1. The molecule has 6 heteroatoms. The molecule has 0 saturated carbocycles. The standard InChI is InChI=1S/C16H22N2O3S/c1-2-3-4-8-17-22(20,21)14-10-12-5-6-15(19)18-9-7-13(11-14)16(12)18/h10-11,17H,2-9H2,1H3. The van der Waals surface area contributed by atoms with Gasteiger partial charge in [0.1, 0.15) is 0 Å². The van der Waals surface area contributed by atoms with Gasteiger partial charge in [0.25, 0.3) is 0 Å². The van der Waals surface area contributed by atoms with E-state index < -0.39 is 10.0 Å². The number of anilines is 1. The van der Waals surface area contributed by atoms with Gasteiger partial charge in [-0.25, -0.2) is 13.1 Å². The van der Waals surface area contributed by atoms with Crippen LogP contribution in [0.5, 0.6) is 0 Å². The molecule has 1 amide bonds. The summed E-state index contributed by atoms with van der Waals surface area (Å²) < 4.78 is 27.6. The first-order valence-corrected chi connectivity index (χ1v) is 9.47. The van der Waals surface area contributed by atoms with Crippen molar-refractivity contribution in [3.05, 3.63) is 23.3 Å². The summed E-state index contributed by atoms with van der Waals surface area (Å²) in [6.45, 7) is 3.24. The number of rotatable bonds is 6. The summed E-state index contributed by atoms with van der Waals surface area (Å²) in [7, 11) is -3.46. The third kappa shape index (κ3) is 2.77. The Morgan fingerprint density at radius 2 is 1.86 bits per heavy atom. The molecule has 1 aromatic carbocycles. The van der Waals surface area contributed by atoms with Crippen molar-refractivity contribution >= 4 is 21.6 Å². The average Bonchev–Trinajstić information content (AvgIpc) is 2.93. The zero-order valence-corrected chi connectivity index (χ0v) is 13.7. The van der Waals surface area contributed by atoms with Gasteiger partial charge in [-0.15, -0.1) is 0 Å². The maximum absolute atomic E-state index is 12.4. The van der Waals surface area contributed by atoms with E-state index in [-0.39, 0.29) is 5.91 Å². The number of hydrogen-bond acceptors (Lipinski definition) is 3. The van der Waals surface area contributed by atoms with Crippen molar-refractivity contribution in [1.82, 2.24) is 4.72 Å². The summed E-state index contributed by atoms with van der Waals surface area (Å²) in [5.41, 5.74) is 2.93. The van der Waals surface area contributed by atoms with E-state index in [0.717, 1.165) is 42.5 Å². The number of aryl methyl sites for hydroxylation is 1. The van der Waals surface area contributed by atoms with Gasteiger partial charge < -0.3 is 4.90 Å². The summed E-state index contributed by atoms with van der Waals surface area (Å²) in [5, 5.41) is 0. The second-order valence-corrected chi connectivity index (χ2v) is 7.76. The van der Waals surface area contributed by atoms with Gasteiger partial charge in [0, 0.05) is 19.5 Å². The quantitative estimate of drug-likeness (QED) is 0.815. The molecule has 2 heterocycles. The third-order valence-electron chi connectivity index (χ3n) is 4.41. The van der Waals surface area contributed by atoms with Gasteiger partial charge in [0.2, 0.25) is 15.9 Å². The van der Waals surface area contributed by atoms with Crippen molar-refractivity contribution in [2.75, 3.05) is 18.0 Å². The van der Waals surface area contributed by atoms with Crippen LogP contribution < -0.4 is 9.62 Å². The zero-order valence-electron chi connectivity index (χ0n) is 12.9. The van der Waals surface area contributed by atoms with E-state index in [1.54, 1.807) is 17.0 Å². The van der Waals surface area contributed by atoms with Crippen LogP contribution in [-0.2, 0) is 27.7 Å². The number of amides is 1. The van der Waals surface area contributed by atoms with Crippen molar-refractivity contribution in [1.29, 1.82) is 0 Å². The van der Waals surface area contributed by atoms with E-state index in [1.807, 2.05) is 0 Å². The first-order valence-electron chi connectivity index (χ1n) is 7.99. The predicted octanol–water partition coefficient (Wildman–Crippen LogP) is 1.99. The summed E-state index contributed by atoms with van der Waals surface area (Å²) in [6.07, 6.45) is 4.80. The first kappa shape index (κ1) is 15.5. The smallest absolute Gasteiger partial charge is 0.240 e. The average molecular weight is 322 g/mol. The minimum Gasteiger partial charge on any atom is -0.312 e. The van der Waals surface area contributed by atoms with Crippen LogP contribution in [0.2, 0.25) is 0 Å². The van der Waals surface area contributed by atoms with Crippen molar-refractivity contribution in [2.24, 2.45) is 0 Å². The molecule has 1 aromatic rings. The summed E-state index contributed by atoms with van der Waals surface area (Å²) in [4.78, 5) is 14.0. The molecule has 0 aliphatic carbocycles. The lowest BCUT2D eigenvalue weighted by Crippen LogP contribution is -2.33. The van der Waals surface area contributed by atoms with Gasteiger partial charge in [-0.1, -0.05) is 19.8 Å². The molecule has 0 fully saturated rings. The molecule has 0 aromatic heterocycles. The Kier molecular flexibility index (Phi) is 4.23. The van der Waals surface area contributed by atoms with Gasteiger partial charge in [-0.05, 0) is 42.5 Å². The summed E-state index contributed by atoms with van der Waals surface area (Å²) in [6, 6.07) is 3.48. The number of sulfonamides is 1. The highest BCUT2D eigenvalue weighted by Crippen LogP contribution is 2.38. The van der Waals surface area contributed by atoms with Crippen LogP contribution in [0.4, 0.5) is 5.69 Å². The Labute approximate surface area is 131 Å². The van der Waals surface area contributed by atoms with Gasteiger partial charge in [-0.3, -0.25) is 4.79 Å². The molecule has 0 bridgehead atoms. The Bertz CT molecular complexity index is 698. The van der Waals surface area contributed by atoms with Crippen LogP contribution in [0.1, 0.15) is 43.7 Å². The SMILES string of the molecule is CCCCCNS(=O)(=O)c1cc2c3c(c1)CCN3C(=O)CC2. The van der Waals surface area contributed by atoms with E-state index >= 15 is 0 Å². The van der Waals surface area contributed by atoms with Crippen LogP contribution in [0.3, 0.4) is 0 Å². The second-order valence-electron chi connectivity index (χ2n) is 5.99. The number of unbranched alkanes of at least 4 members (excludes halogenated alkanes) is 2. The van der Waals surface area contributed by atoms with Crippen molar-refractivity contribution < 1.29 is 13.2 Å². The van der Waals surface area contributed by atoms with Crippen molar-refractivity contribution in [3.8, 4) is 0 Å². The molecule has 0 spiro atoms. The number of nitrogens with zero attached hydrogens (tertiary/aromatic N) is 1. The van der Waals surface area contributed by atoms with Crippen LogP contribution in [-0.4, -0.2) is 27.4 Å². The largest absolute Gasteiger partial charge is 0.312 e. The highest BCUT2D eigenvalue weighted by atomic mass is 32.2. The molecule has 2 aliphatic heterocycles. The van der Waals surface area contributed by atoms with Crippen LogP contribution in [0, 0.1) is 0 Å². The third-order valence-corrected chi connectivity index (χ3v) is 5.85. The molecule has 5 nitrogen and oxygen atoms in total. The molecule has 0 atom stereocenters. The van der Waals surface area contributed by atoms with Gasteiger partial charge in [0.05, 0.1) is 10.6 Å². The van der Waals surface area contributed by atoms with Crippen molar-refractivity contribution in [3.63, 3.8) is 0 Å². The van der Waals surface area contributed by atoms with Crippen LogP contribution in [0.25, 0.3) is 0 Å². The topological polar surface area (TPSA) is 66.5 Å². The fourth-order valence-corrected chi connectivity index (χ4v) is 4.42. The molecular formula is C16H22N2O3S. The van der Waals surface area contributed by atoms with Crippen LogP contribution in [0.15, 0.2) is 17.0 Å². The normalized spacial score (nSPS) is 17.0. The minimum absolute atomic E-state index is 0.152. The van der Waals surface area contributed by atoms with Gasteiger partial charge >= 0.3 is 0 Å². The monoisotopic (exact) mass is 322 g/mol. The molecule has 0 saturated heterocycles. The maximum atomic E-state index is 12.4. The predicted molar refractivity (Wildman–Crippen MR) is 85.5 cm³/mol. The fourth-order valence-electron chi connectivity index (χ4n) is 3.25. The lowest BCUT2D eigenvalue weighted by Gasteiger charge is -2.25. The van der Waals surface area contributed by atoms with E-state index in [2.05, 4.69) is 11.6 Å². The van der Waals surface area contributed by atoms with Crippen LogP contribution >= 0.6 is 0 Å². The number of carbonyl (C=O) groups excluding carboxylic acids is 1. The van der Waals surface area contributed by atoms with E-state index in [9.17, 15) is 13.2 Å². The number of nitrogens with one attached hydrogen (secondary N) is 1. The highest BCUT2D eigenvalue weighted by molar-refractivity contribution is 7.89. The Hall–Kier alpha value is -1.40. The summed E-state index contributed by atoms with van der Waals surface area (Å²) in [5.74, 6) is 0.152. The van der Waals surface area contributed by atoms with E-state index in [1.165, 1.54) is 0 Å². The van der Waals surface area contributed by atoms with Crippen molar-refractivity contribution in [2.45, 2.75) is 50.3 Å². The van der Waals surface area contributed by atoms with E-state index in [0.29, 0.717) is 30.8 Å². The van der Waals surface area contributed by atoms with Gasteiger partial charge in [-0.2, -0.15) is 0 Å². The number of hydrogen-bond donors (Lipinski definition) is 1. The zero-order chi connectivity index (χ0) is 15.7. The first-order chi connectivity index (χ1) is 10.5. The molecule has 0 radical (unpaired) electrons. The molecule has 0 unspecified atom stereocenters. The molecule has 1 N–H and O–H groups in total. The Balaban J connectivity index is 1.86. The minimum atomic E-state index is -3.46. The maximum Gasteiger partial charge on any atom is 0.240 e. The highest BCUT2D eigenvalue weighted by Gasteiger charge is 2.32. The second kappa shape index (κ2) is 6.01. The molecule has 2 aliphatic rings. The molecule has 22 heavy (non-hydrogen) atoms. The lowest BCUT2D eigenvalue weighted by molar-refractivity contribution is -0.118. The van der Waals surface area contributed by atoms with Gasteiger partial charge in [0.15, 0.2) is 0 Å². The molecule has 3 rings (SSSR count). The Morgan fingerprint density at radius 3 is 2.59 bits per heavy atom.